The van der Waals surface area contributed by atoms with Crippen molar-refractivity contribution in [1.29, 1.82) is 0 Å². The number of ether oxygens (including phenoxy) is 1. The number of rotatable bonds is 4. The average Bonchev–Trinajstić information content (AvgIpc) is 2.78. The van der Waals surface area contributed by atoms with Gasteiger partial charge in [-0.2, -0.15) is 0 Å². The molecule has 0 aliphatic carbocycles. The number of carbonyl (C=O) groups is 2. The standard InChI is InChI=1S/C15H17N3O3/c1-10-14(12(19)7-8-17(2)3)18-9-11(15(20)21-4)5-6-13(18)16-10/h5-9H,1-4H3. The van der Waals surface area contributed by atoms with Crippen LogP contribution in [0.25, 0.3) is 5.65 Å². The Morgan fingerprint density at radius 2 is 2.05 bits per heavy atom. The number of nitrogens with zero attached hydrogens (tertiary/aromatic N) is 3. The molecule has 2 aromatic heterocycles. The number of ketones is 1. The summed E-state index contributed by atoms with van der Waals surface area (Å²) in [7, 11) is 4.98. The molecule has 2 heterocycles. The van der Waals surface area contributed by atoms with Crippen molar-refractivity contribution < 1.29 is 14.3 Å². The van der Waals surface area contributed by atoms with E-state index in [2.05, 4.69) is 4.98 Å². The van der Waals surface area contributed by atoms with Crippen LogP contribution in [0, 0.1) is 6.92 Å². The molecule has 6 heteroatoms. The fraction of sp³-hybridized carbons (Fsp3) is 0.267. The third-order valence-corrected chi connectivity index (χ3v) is 2.97. The maximum atomic E-state index is 12.3. The van der Waals surface area contributed by atoms with Gasteiger partial charge in [0.25, 0.3) is 0 Å². The van der Waals surface area contributed by atoms with Crippen molar-refractivity contribution in [2.45, 2.75) is 6.92 Å². The van der Waals surface area contributed by atoms with Crippen LogP contribution in [0.1, 0.15) is 26.5 Å². The predicted octanol–water partition coefficient (Wildman–Crippen LogP) is 1.69. The van der Waals surface area contributed by atoms with Gasteiger partial charge in [0.05, 0.1) is 18.4 Å². The van der Waals surface area contributed by atoms with Gasteiger partial charge < -0.3 is 9.64 Å². The molecule has 0 unspecified atom stereocenters. The number of pyridine rings is 1. The minimum absolute atomic E-state index is 0.171. The summed E-state index contributed by atoms with van der Waals surface area (Å²) >= 11 is 0. The average molecular weight is 287 g/mol. The fourth-order valence-electron chi connectivity index (χ4n) is 1.99. The van der Waals surface area contributed by atoms with Crippen LogP contribution in [0.4, 0.5) is 0 Å². The Balaban J connectivity index is 2.54. The van der Waals surface area contributed by atoms with Crippen molar-refractivity contribution >= 4 is 17.4 Å². The maximum absolute atomic E-state index is 12.3. The molecule has 0 aliphatic heterocycles. The normalized spacial score (nSPS) is 11.0. The molecular weight excluding hydrogens is 270 g/mol. The zero-order chi connectivity index (χ0) is 15.6. The Labute approximate surface area is 122 Å². The van der Waals surface area contributed by atoms with E-state index >= 15 is 0 Å². The first kappa shape index (κ1) is 14.8. The summed E-state index contributed by atoms with van der Waals surface area (Å²) in [6, 6.07) is 3.31. The second-order valence-electron chi connectivity index (χ2n) is 4.83. The monoisotopic (exact) mass is 287 g/mol. The molecule has 0 atom stereocenters. The summed E-state index contributed by atoms with van der Waals surface area (Å²) in [5, 5.41) is 0. The van der Waals surface area contributed by atoms with Crippen molar-refractivity contribution in [2.75, 3.05) is 21.2 Å². The summed E-state index contributed by atoms with van der Waals surface area (Å²) in [6.45, 7) is 1.77. The highest BCUT2D eigenvalue weighted by Crippen LogP contribution is 2.15. The van der Waals surface area contributed by atoms with E-state index < -0.39 is 5.97 Å². The van der Waals surface area contributed by atoms with E-state index in [-0.39, 0.29) is 5.78 Å². The lowest BCUT2D eigenvalue weighted by Crippen LogP contribution is -2.08. The number of imidazole rings is 1. The van der Waals surface area contributed by atoms with E-state index in [1.54, 1.807) is 40.8 Å². The molecule has 0 spiro atoms. The van der Waals surface area contributed by atoms with Gasteiger partial charge in [0, 0.05) is 32.6 Å². The minimum atomic E-state index is -0.453. The van der Waals surface area contributed by atoms with Gasteiger partial charge in [0.2, 0.25) is 5.78 Å². The molecule has 0 N–H and O–H groups in total. The lowest BCUT2D eigenvalue weighted by molar-refractivity contribution is 0.0600. The molecule has 0 aliphatic rings. The molecule has 0 amide bonds. The minimum Gasteiger partial charge on any atom is -0.465 e. The number of aromatic nitrogens is 2. The van der Waals surface area contributed by atoms with Crippen LogP contribution in [-0.2, 0) is 4.74 Å². The second-order valence-corrected chi connectivity index (χ2v) is 4.83. The SMILES string of the molecule is COC(=O)c1ccc2nc(C)c(C(=O)C=CN(C)C)n2c1. The topological polar surface area (TPSA) is 63.9 Å². The Kier molecular flexibility index (Phi) is 4.07. The molecule has 2 rings (SSSR count). The van der Waals surface area contributed by atoms with E-state index in [9.17, 15) is 9.59 Å². The van der Waals surface area contributed by atoms with Crippen molar-refractivity contribution in [1.82, 2.24) is 14.3 Å². The quantitative estimate of drug-likeness (QED) is 0.486. The number of esters is 1. The van der Waals surface area contributed by atoms with Crippen LogP contribution in [0.2, 0.25) is 0 Å². The van der Waals surface area contributed by atoms with Crippen molar-refractivity contribution in [2.24, 2.45) is 0 Å². The van der Waals surface area contributed by atoms with Crippen molar-refractivity contribution in [3.05, 3.63) is 47.6 Å². The van der Waals surface area contributed by atoms with Gasteiger partial charge >= 0.3 is 5.97 Å². The first-order valence-electron chi connectivity index (χ1n) is 6.40. The molecule has 110 valence electrons. The van der Waals surface area contributed by atoms with Gasteiger partial charge in [-0.05, 0) is 19.1 Å². The Morgan fingerprint density at radius 1 is 1.33 bits per heavy atom. The Morgan fingerprint density at radius 3 is 2.67 bits per heavy atom. The van der Waals surface area contributed by atoms with E-state index in [0.29, 0.717) is 22.6 Å². The molecule has 0 saturated heterocycles. The van der Waals surface area contributed by atoms with Crippen LogP contribution in [-0.4, -0.2) is 47.2 Å². The lowest BCUT2D eigenvalue weighted by atomic mass is 10.2. The van der Waals surface area contributed by atoms with E-state index in [4.69, 9.17) is 4.74 Å². The zero-order valence-corrected chi connectivity index (χ0v) is 12.5. The largest absolute Gasteiger partial charge is 0.465 e. The molecule has 0 saturated carbocycles. The number of hydrogen-bond donors (Lipinski definition) is 0. The number of carbonyl (C=O) groups excluding carboxylic acids is 2. The predicted molar refractivity (Wildman–Crippen MR) is 78.4 cm³/mol. The molecule has 0 bridgehead atoms. The van der Waals surface area contributed by atoms with Crippen molar-refractivity contribution in [3.8, 4) is 0 Å². The maximum Gasteiger partial charge on any atom is 0.339 e. The summed E-state index contributed by atoms with van der Waals surface area (Å²) in [5.74, 6) is -0.624. The molecule has 0 aromatic carbocycles. The van der Waals surface area contributed by atoms with E-state index in [0.717, 1.165) is 0 Å². The molecule has 0 fully saturated rings. The molecule has 6 nitrogen and oxygen atoms in total. The van der Waals surface area contributed by atoms with Crippen LogP contribution in [0.3, 0.4) is 0 Å². The molecular formula is C15H17N3O3. The summed E-state index contributed by atoms with van der Waals surface area (Å²) in [6.07, 6.45) is 4.71. The van der Waals surface area contributed by atoms with E-state index in [1.165, 1.54) is 13.2 Å². The second kappa shape index (κ2) is 5.78. The highest BCUT2D eigenvalue weighted by molar-refractivity contribution is 6.04. The van der Waals surface area contributed by atoms with Crippen LogP contribution in [0.5, 0.6) is 0 Å². The number of fused-ring (bicyclic) bond motifs is 1. The third-order valence-electron chi connectivity index (χ3n) is 2.97. The molecule has 21 heavy (non-hydrogen) atoms. The number of aryl methyl sites for hydroxylation is 1. The highest BCUT2D eigenvalue weighted by atomic mass is 16.5. The van der Waals surface area contributed by atoms with Gasteiger partial charge in [-0.15, -0.1) is 0 Å². The Bertz CT molecular complexity index is 729. The summed E-state index contributed by atoms with van der Waals surface area (Å²) in [5.41, 5.74) is 2.04. The lowest BCUT2D eigenvalue weighted by Gasteiger charge is -2.04. The van der Waals surface area contributed by atoms with Gasteiger partial charge in [-0.1, -0.05) is 0 Å². The first-order valence-corrected chi connectivity index (χ1v) is 6.40. The van der Waals surface area contributed by atoms with Crippen LogP contribution >= 0.6 is 0 Å². The Hall–Kier alpha value is -2.63. The van der Waals surface area contributed by atoms with E-state index in [1.807, 2.05) is 14.1 Å². The van der Waals surface area contributed by atoms with Crippen LogP contribution in [0.15, 0.2) is 30.6 Å². The smallest absolute Gasteiger partial charge is 0.339 e. The van der Waals surface area contributed by atoms with Crippen molar-refractivity contribution in [3.63, 3.8) is 0 Å². The summed E-state index contributed by atoms with van der Waals surface area (Å²) in [4.78, 5) is 30.0. The fourth-order valence-corrected chi connectivity index (χ4v) is 1.99. The first-order chi connectivity index (χ1) is 9.93. The number of methoxy groups -OCH3 is 1. The highest BCUT2D eigenvalue weighted by Gasteiger charge is 2.16. The van der Waals surface area contributed by atoms with Gasteiger partial charge in [-0.3, -0.25) is 9.20 Å². The molecule has 0 radical (unpaired) electrons. The van der Waals surface area contributed by atoms with Crippen LogP contribution < -0.4 is 0 Å². The molecule has 2 aromatic rings. The number of hydrogen-bond acceptors (Lipinski definition) is 5. The van der Waals surface area contributed by atoms with Gasteiger partial charge in [-0.25, -0.2) is 9.78 Å². The third kappa shape index (κ3) is 2.94. The number of allylic oxidation sites excluding steroid dienone is 1. The summed E-state index contributed by atoms with van der Waals surface area (Å²) < 4.78 is 6.31. The van der Waals surface area contributed by atoms with Gasteiger partial charge in [0.15, 0.2) is 0 Å². The zero-order valence-electron chi connectivity index (χ0n) is 12.5. The van der Waals surface area contributed by atoms with Gasteiger partial charge in [0.1, 0.15) is 11.3 Å².